The van der Waals surface area contributed by atoms with E-state index in [-0.39, 0.29) is 12.5 Å². The number of benzene rings is 2. The highest BCUT2D eigenvalue weighted by Gasteiger charge is 2.18. The fraction of sp³-hybridized carbons (Fsp3) is 0.188. The Morgan fingerprint density at radius 1 is 1.29 bits per heavy atom. The van der Waals surface area contributed by atoms with Crippen molar-refractivity contribution in [3.8, 4) is 5.75 Å². The second kappa shape index (κ2) is 7.11. The van der Waals surface area contributed by atoms with E-state index < -0.39 is 6.04 Å². The molecule has 0 saturated heterocycles. The fourth-order valence-corrected chi connectivity index (χ4v) is 2.19. The number of methoxy groups -OCH3 is 1. The van der Waals surface area contributed by atoms with Gasteiger partial charge in [0.15, 0.2) is 0 Å². The summed E-state index contributed by atoms with van der Waals surface area (Å²) in [6.45, 7) is -0.196. The van der Waals surface area contributed by atoms with Crippen molar-refractivity contribution in [2.24, 2.45) is 0 Å². The lowest BCUT2D eigenvalue weighted by Crippen LogP contribution is -2.31. The smallest absolute Gasteiger partial charge is 0.255 e. The number of aliphatic hydroxyl groups excluding tert-OH is 1. The van der Waals surface area contributed by atoms with E-state index in [1.807, 2.05) is 30.3 Å². The number of nitrogens with one attached hydrogen (secondary N) is 1. The van der Waals surface area contributed by atoms with Gasteiger partial charge in [-0.2, -0.15) is 0 Å². The molecule has 0 bridgehead atoms. The van der Waals surface area contributed by atoms with E-state index in [1.165, 1.54) is 13.2 Å². The molecule has 1 amide bonds. The second-order valence-corrected chi connectivity index (χ2v) is 4.90. The van der Waals surface area contributed by atoms with E-state index in [9.17, 15) is 9.90 Å². The molecule has 2 rings (SSSR count). The van der Waals surface area contributed by atoms with Crippen LogP contribution in [0, 0.1) is 0 Å². The molecule has 5 heteroatoms. The number of rotatable bonds is 5. The summed E-state index contributed by atoms with van der Waals surface area (Å²) in [5.41, 5.74) is 1.16. The highest BCUT2D eigenvalue weighted by Crippen LogP contribution is 2.23. The Kier molecular flexibility index (Phi) is 5.20. The Bertz CT molecular complexity index is 616. The van der Waals surface area contributed by atoms with Crippen LogP contribution in [-0.2, 0) is 0 Å². The molecule has 0 aliphatic carbocycles. The quantitative estimate of drug-likeness (QED) is 0.893. The number of aliphatic hydroxyl groups is 1. The van der Waals surface area contributed by atoms with Crippen LogP contribution < -0.4 is 10.1 Å². The molecule has 4 nitrogen and oxygen atoms in total. The average Bonchev–Trinajstić information content (AvgIpc) is 2.53. The van der Waals surface area contributed by atoms with Crippen LogP contribution in [0.25, 0.3) is 0 Å². The molecular weight excluding hydrogens is 290 g/mol. The zero-order valence-electron chi connectivity index (χ0n) is 11.5. The third kappa shape index (κ3) is 3.74. The van der Waals surface area contributed by atoms with Crippen LogP contribution in [0.3, 0.4) is 0 Å². The minimum atomic E-state index is -0.484. The van der Waals surface area contributed by atoms with Crippen molar-refractivity contribution in [2.75, 3.05) is 13.7 Å². The fourth-order valence-electron chi connectivity index (χ4n) is 2.01. The van der Waals surface area contributed by atoms with Gasteiger partial charge in [0.1, 0.15) is 5.75 Å². The van der Waals surface area contributed by atoms with Crippen LogP contribution in [0.4, 0.5) is 0 Å². The van der Waals surface area contributed by atoms with Crippen LogP contribution in [0.15, 0.2) is 48.5 Å². The summed E-state index contributed by atoms with van der Waals surface area (Å²) in [4.78, 5) is 12.4. The maximum atomic E-state index is 12.4. The van der Waals surface area contributed by atoms with Gasteiger partial charge in [0.05, 0.1) is 25.3 Å². The molecule has 0 fully saturated rings. The molecular formula is C16H16ClNO3. The first-order valence-electron chi connectivity index (χ1n) is 6.46. The standard InChI is InChI=1S/C16H16ClNO3/c1-21-15-8-7-12(17)9-13(15)16(20)18-14(10-19)11-5-3-2-4-6-11/h2-9,14,19H,10H2,1H3,(H,18,20)/t14-/m1/s1. The van der Waals surface area contributed by atoms with E-state index in [0.717, 1.165) is 5.56 Å². The third-order valence-electron chi connectivity index (χ3n) is 3.10. The SMILES string of the molecule is COc1ccc(Cl)cc1C(=O)N[C@H](CO)c1ccccc1. The van der Waals surface area contributed by atoms with Gasteiger partial charge in [-0.3, -0.25) is 4.79 Å². The summed E-state index contributed by atoms with van der Waals surface area (Å²) in [5, 5.41) is 12.7. The van der Waals surface area contributed by atoms with Gasteiger partial charge < -0.3 is 15.2 Å². The summed E-state index contributed by atoms with van der Waals surface area (Å²) in [6, 6.07) is 13.6. The Balaban J connectivity index is 2.22. The van der Waals surface area contributed by atoms with Crippen LogP contribution >= 0.6 is 11.6 Å². The summed E-state index contributed by atoms with van der Waals surface area (Å²) in [6.07, 6.45) is 0. The third-order valence-corrected chi connectivity index (χ3v) is 3.33. The zero-order chi connectivity index (χ0) is 15.2. The van der Waals surface area contributed by atoms with Crippen molar-refractivity contribution < 1.29 is 14.6 Å². The number of carbonyl (C=O) groups excluding carboxylic acids is 1. The highest BCUT2D eigenvalue weighted by molar-refractivity contribution is 6.31. The first-order chi connectivity index (χ1) is 10.2. The minimum absolute atomic E-state index is 0.196. The Morgan fingerprint density at radius 3 is 2.62 bits per heavy atom. The number of ether oxygens (including phenoxy) is 1. The predicted molar refractivity (Wildman–Crippen MR) is 81.7 cm³/mol. The van der Waals surface area contributed by atoms with Gasteiger partial charge in [0, 0.05) is 5.02 Å². The van der Waals surface area contributed by atoms with Crippen molar-refractivity contribution in [3.05, 3.63) is 64.7 Å². The lowest BCUT2D eigenvalue weighted by atomic mass is 10.1. The van der Waals surface area contributed by atoms with Gasteiger partial charge in [0.25, 0.3) is 5.91 Å². The van der Waals surface area contributed by atoms with Gasteiger partial charge in [0.2, 0.25) is 0 Å². The van der Waals surface area contributed by atoms with E-state index in [2.05, 4.69) is 5.32 Å². The first-order valence-corrected chi connectivity index (χ1v) is 6.83. The molecule has 2 N–H and O–H groups in total. The molecule has 1 atom stereocenters. The van der Waals surface area contributed by atoms with Crippen molar-refractivity contribution in [2.45, 2.75) is 6.04 Å². The molecule has 0 unspecified atom stereocenters. The molecule has 0 aromatic heterocycles. The summed E-state index contributed by atoms with van der Waals surface area (Å²) < 4.78 is 5.16. The number of hydrogen-bond donors (Lipinski definition) is 2. The van der Waals surface area contributed by atoms with E-state index >= 15 is 0 Å². The summed E-state index contributed by atoms with van der Waals surface area (Å²) in [7, 11) is 1.49. The van der Waals surface area contributed by atoms with Crippen molar-refractivity contribution in [3.63, 3.8) is 0 Å². The van der Waals surface area contributed by atoms with Gasteiger partial charge in [-0.1, -0.05) is 41.9 Å². The zero-order valence-corrected chi connectivity index (χ0v) is 12.3. The molecule has 2 aromatic rings. The topological polar surface area (TPSA) is 58.6 Å². The van der Waals surface area contributed by atoms with Crippen LogP contribution in [0.5, 0.6) is 5.75 Å². The number of hydrogen-bond acceptors (Lipinski definition) is 3. The van der Waals surface area contributed by atoms with Crippen molar-refractivity contribution >= 4 is 17.5 Å². The van der Waals surface area contributed by atoms with Crippen LogP contribution in [0.2, 0.25) is 5.02 Å². The number of carbonyl (C=O) groups is 1. The molecule has 2 aromatic carbocycles. The lowest BCUT2D eigenvalue weighted by molar-refractivity contribution is 0.0913. The van der Waals surface area contributed by atoms with Gasteiger partial charge in [-0.25, -0.2) is 0 Å². The largest absolute Gasteiger partial charge is 0.496 e. The molecule has 0 radical (unpaired) electrons. The normalized spacial score (nSPS) is 11.8. The highest BCUT2D eigenvalue weighted by atomic mass is 35.5. The lowest BCUT2D eigenvalue weighted by Gasteiger charge is -2.17. The predicted octanol–water partition coefficient (Wildman–Crippen LogP) is 2.81. The number of amides is 1. The van der Waals surface area contributed by atoms with Gasteiger partial charge >= 0.3 is 0 Å². The van der Waals surface area contributed by atoms with Gasteiger partial charge in [-0.15, -0.1) is 0 Å². The molecule has 21 heavy (non-hydrogen) atoms. The van der Waals surface area contributed by atoms with E-state index in [4.69, 9.17) is 16.3 Å². The van der Waals surface area contributed by atoms with Crippen LogP contribution in [0.1, 0.15) is 22.0 Å². The molecule has 0 heterocycles. The van der Waals surface area contributed by atoms with Gasteiger partial charge in [-0.05, 0) is 23.8 Å². The Hall–Kier alpha value is -2.04. The summed E-state index contributed by atoms with van der Waals surface area (Å²) >= 11 is 5.92. The second-order valence-electron chi connectivity index (χ2n) is 4.46. The molecule has 0 saturated carbocycles. The molecule has 0 spiro atoms. The summed E-state index contributed by atoms with van der Waals surface area (Å²) in [5.74, 6) is 0.0823. The monoisotopic (exact) mass is 305 g/mol. The van der Waals surface area contributed by atoms with E-state index in [0.29, 0.717) is 16.3 Å². The Labute approximate surface area is 128 Å². The molecule has 110 valence electrons. The Morgan fingerprint density at radius 2 is 2.00 bits per heavy atom. The maximum Gasteiger partial charge on any atom is 0.255 e. The minimum Gasteiger partial charge on any atom is -0.496 e. The first kappa shape index (κ1) is 15.4. The van der Waals surface area contributed by atoms with E-state index in [1.54, 1.807) is 12.1 Å². The molecule has 0 aliphatic heterocycles. The molecule has 0 aliphatic rings. The van der Waals surface area contributed by atoms with Crippen LogP contribution in [-0.4, -0.2) is 24.7 Å². The number of halogens is 1. The average molecular weight is 306 g/mol. The maximum absolute atomic E-state index is 12.4. The van der Waals surface area contributed by atoms with Crippen molar-refractivity contribution in [1.29, 1.82) is 0 Å². The van der Waals surface area contributed by atoms with Crippen molar-refractivity contribution in [1.82, 2.24) is 5.32 Å².